The highest BCUT2D eigenvalue weighted by Crippen LogP contribution is 2.50. The van der Waals surface area contributed by atoms with E-state index in [1.54, 1.807) is 0 Å². The van der Waals surface area contributed by atoms with Crippen molar-refractivity contribution in [3.8, 4) is 0 Å². The molecule has 16 heteroatoms. The first-order valence-electron chi connectivity index (χ1n) is 11.2. The Labute approximate surface area is 217 Å². The molecule has 0 aliphatic carbocycles. The van der Waals surface area contributed by atoms with Crippen molar-refractivity contribution in [2.75, 3.05) is 19.0 Å². The number of fused-ring (bicyclic) bond motifs is 1. The fourth-order valence-corrected chi connectivity index (χ4v) is 5.20. The van der Waals surface area contributed by atoms with Crippen LogP contribution in [0.25, 0.3) is 0 Å². The smallest absolute Gasteiger partial charge is 0.370 e. The number of ketones is 1. The number of carbonyl (C=O) groups excluding carboxylic acids is 2. The van der Waals surface area contributed by atoms with Gasteiger partial charge < -0.3 is 15.2 Å². The predicted octanol–water partition coefficient (Wildman–Crippen LogP) is 2.20. The first kappa shape index (κ1) is 28.9. The van der Waals surface area contributed by atoms with Crippen molar-refractivity contribution < 1.29 is 54.2 Å². The minimum Gasteiger partial charge on any atom is -0.370 e. The number of anilines is 1. The highest BCUT2D eigenvalue weighted by atomic mass is 32.2. The molecule has 2 aliphatic heterocycles. The first-order valence-corrected chi connectivity index (χ1v) is 12.7. The summed E-state index contributed by atoms with van der Waals surface area (Å²) in [5.41, 5.74) is -8.66. The number of aliphatic hydroxyl groups is 1. The number of hydrogen-bond donors (Lipinski definition) is 4. The van der Waals surface area contributed by atoms with Gasteiger partial charge in [0.05, 0.1) is 11.5 Å². The maximum Gasteiger partial charge on any atom is 0.430 e. The largest absolute Gasteiger partial charge is 0.430 e. The van der Waals surface area contributed by atoms with Gasteiger partial charge >= 0.3 is 12.4 Å². The third-order valence-electron chi connectivity index (χ3n) is 6.69. The summed E-state index contributed by atoms with van der Waals surface area (Å²) in [6, 6.07) is 5.85. The van der Waals surface area contributed by atoms with Crippen molar-refractivity contribution in [3.63, 3.8) is 0 Å². The lowest BCUT2D eigenvalue weighted by Gasteiger charge is -2.35. The van der Waals surface area contributed by atoms with Crippen molar-refractivity contribution in [3.05, 3.63) is 59.2 Å². The molecule has 0 bridgehead atoms. The molecule has 2 heterocycles. The number of carbonyl (C=O) groups is 2. The summed E-state index contributed by atoms with van der Waals surface area (Å²) in [6.07, 6.45) is -12.9. The third kappa shape index (κ3) is 4.59. The molecule has 0 saturated carbocycles. The number of halogens is 6. The Morgan fingerprint density at radius 1 is 1.05 bits per heavy atom. The van der Waals surface area contributed by atoms with Crippen LogP contribution in [0.15, 0.2) is 47.4 Å². The van der Waals surface area contributed by atoms with E-state index in [-0.39, 0.29) is 29.3 Å². The summed E-state index contributed by atoms with van der Waals surface area (Å²) in [7, 11) is -2.66. The lowest BCUT2D eigenvalue weighted by molar-refractivity contribution is -0.376. The van der Waals surface area contributed by atoms with Crippen LogP contribution in [0.3, 0.4) is 0 Å². The van der Waals surface area contributed by atoms with Crippen LogP contribution in [-0.2, 0) is 42.0 Å². The summed E-state index contributed by atoms with van der Waals surface area (Å²) >= 11 is 0. The van der Waals surface area contributed by atoms with Crippen molar-refractivity contribution in [1.82, 2.24) is 10.0 Å². The number of ether oxygens (including phenoxy) is 1. The van der Waals surface area contributed by atoms with Crippen LogP contribution in [0.5, 0.6) is 0 Å². The number of Topliss-reactive ketones (excluding diaryl/α,β-unsaturated/α-hetero) is 1. The molecule has 1 saturated heterocycles. The van der Waals surface area contributed by atoms with Crippen LogP contribution in [0.1, 0.15) is 23.1 Å². The summed E-state index contributed by atoms with van der Waals surface area (Å²) in [4.78, 5) is 26.8. The van der Waals surface area contributed by atoms with E-state index in [2.05, 4.69) is 15.4 Å². The zero-order chi connectivity index (χ0) is 29.0. The highest BCUT2D eigenvalue weighted by Gasteiger charge is 2.71. The number of amides is 1. The number of sulfonamides is 1. The molecule has 2 aromatic rings. The molecule has 39 heavy (non-hydrogen) atoms. The molecule has 2 aromatic carbocycles. The van der Waals surface area contributed by atoms with Crippen LogP contribution >= 0.6 is 0 Å². The molecule has 1 fully saturated rings. The zero-order valence-electron chi connectivity index (χ0n) is 19.9. The summed E-state index contributed by atoms with van der Waals surface area (Å²) in [5, 5.41) is 14.7. The Balaban J connectivity index is 1.70. The number of alkyl halides is 6. The number of rotatable bonds is 7. The van der Waals surface area contributed by atoms with E-state index in [4.69, 9.17) is 4.74 Å². The van der Waals surface area contributed by atoms with Gasteiger partial charge in [0.15, 0.2) is 11.3 Å². The van der Waals surface area contributed by atoms with Gasteiger partial charge in [-0.25, -0.2) is 13.1 Å². The Morgan fingerprint density at radius 3 is 2.13 bits per heavy atom. The quantitative estimate of drug-likeness (QED) is 0.291. The Morgan fingerprint density at radius 2 is 1.64 bits per heavy atom. The molecule has 2 atom stereocenters. The average molecular weight is 581 g/mol. The van der Waals surface area contributed by atoms with Crippen molar-refractivity contribution >= 4 is 27.4 Å². The second-order valence-electron chi connectivity index (χ2n) is 8.88. The SMILES string of the molecule is CNS(=O)(=O)c1ccc2c(c1)CNC2(C(=O)Nc1ccc(C(O)(C(F)(F)F)C(F)(F)F)cc1)C(=O)C1CCO1. The van der Waals surface area contributed by atoms with E-state index in [1.807, 2.05) is 0 Å². The topological polar surface area (TPSA) is 134 Å². The maximum absolute atomic E-state index is 13.5. The van der Waals surface area contributed by atoms with Crippen molar-refractivity contribution in [1.29, 1.82) is 0 Å². The number of nitrogens with one attached hydrogen (secondary N) is 3. The van der Waals surface area contributed by atoms with E-state index in [0.29, 0.717) is 36.2 Å². The molecule has 1 amide bonds. The molecular formula is C23H21F6N3O6S. The minimum atomic E-state index is -6.09. The first-order chi connectivity index (χ1) is 18.0. The van der Waals surface area contributed by atoms with Gasteiger partial charge in [0.25, 0.3) is 11.5 Å². The van der Waals surface area contributed by atoms with Crippen LogP contribution < -0.4 is 15.4 Å². The fraction of sp³-hybridized carbons (Fsp3) is 0.391. The molecule has 0 radical (unpaired) electrons. The van der Waals surface area contributed by atoms with E-state index in [1.165, 1.54) is 25.2 Å². The van der Waals surface area contributed by atoms with Gasteiger partial charge in [0, 0.05) is 24.2 Å². The average Bonchev–Trinajstić information content (AvgIpc) is 3.21. The van der Waals surface area contributed by atoms with E-state index in [9.17, 15) is 49.5 Å². The van der Waals surface area contributed by atoms with Crippen LogP contribution in [0.2, 0.25) is 0 Å². The van der Waals surface area contributed by atoms with Crippen molar-refractivity contribution in [2.45, 2.75) is 47.5 Å². The van der Waals surface area contributed by atoms with Crippen LogP contribution in [0.4, 0.5) is 32.0 Å². The zero-order valence-corrected chi connectivity index (χ0v) is 20.7. The summed E-state index contributed by atoms with van der Waals surface area (Å²) < 4.78 is 111. The van der Waals surface area contributed by atoms with E-state index >= 15 is 0 Å². The Hall–Kier alpha value is -3.05. The molecule has 4 rings (SSSR count). The Bertz CT molecular complexity index is 1390. The number of hydrogen-bond acceptors (Lipinski definition) is 7. The van der Waals surface area contributed by atoms with Gasteiger partial charge in [-0.15, -0.1) is 0 Å². The molecule has 9 nitrogen and oxygen atoms in total. The van der Waals surface area contributed by atoms with E-state index in [0.717, 1.165) is 0 Å². The number of benzene rings is 2. The molecule has 2 unspecified atom stereocenters. The molecular weight excluding hydrogens is 560 g/mol. The normalized spacial score (nSPS) is 21.7. The second-order valence-corrected chi connectivity index (χ2v) is 10.8. The Kier molecular flexibility index (Phi) is 7.09. The lowest BCUT2D eigenvalue weighted by Crippen LogP contribution is -2.59. The molecule has 0 spiro atoms. The van der Waals surface area contributed by atoms with Gasteiger partial charge in [-0.2, -0.15) is 26.3 Å². The van der Waals surface area contributed by atoms with E-state index < -0.39 is 56.9 Å². The predicted molar refractivity (Wildman–Crippen MR) is 122 cm³/mol. The fourth-order valence-electron chi connectivity index (χ4n) is 4.42. The third-order valence-corrected chi connectivity index (χ3v) is 8.10. The van der Waals surface area contributed by atoms with Crippen LogP contribution in [0, 0.1) is 0 Å². The van der Waals surface area contributed by atoms with Gasteiger partial charge in [0.1, 0.15) is 6.10 Å². The molecule has 212 valence electrons. The van der Waals surface area contributed by atoms with Gasteiger partial charge in [-0.1, -0.05) is 18.2 Å². The van der Waals surface area contributed by atoms with Gasteiger partial charge in [0.2, 0.25) is 10.0 Å². The van der Waals surface area contributed by atoms with Crippen molar-refractivity contribution in [2.24, 2.45) is 0 Å². The van der Waals surface area contributed by atoms with Crippen LogP contribution in [-0.4, -0.2) is 57.3 Å². The molecule has 2 aliphatic rings. The summed E-state index contributed by atoms with van der Waals surface area (Å²) in [6.45, 7) is 0.139. The standard InChI is InChI=1S/C23H21F6N3O6S/c1-30-39(36,37)15-6-7-16-12(10-15)11-31-20(16,18(33)17-8-9-38-17)19(34)32-14-4-2-13(3-5-14)21(35,22(24,25)26)23(27,28)29/h2-7,10,17,30-31,35H,8-9,11H2,1H3,(H,32,34). The molecule has 4 N–H and O–H groups in total. The minimum absolute atomic E-state index is 0.107. The second kappa shape index (κ2) is 9.55. The monoisotopic (exact) mass is 581 g/mol. The highest BCUT2D eigenvalue weighted by molar-refractivity contribution is 7.89. The summed E-state index contributed by atoms with van der Waals surface area (Å²) in [5.74, 6) is -1.74. The van der Waals surface area contributed by atoms with Gasteiger partial charge in [-0.3, -0.25) is 14.9 Å². The lowest BCUT2D eigenvalue weighted by atomic mass is 9.81. The maximum atomic E-state index is 13.5. The molecule has 0 aromatic heterocycles. The van der Waals surface area contributed by atoms with Gasteiger partial charge in [-0.05, 0) is 42.4 Å².